The quantitative estimate of drug-likeness (QED) is 0.281. The second kappa shape index (κ2) is 9.37. The first kappa shape index (κ1) is 28.2. The maximum atomic E-state index is 14.1. The van der Waals surface area contributed by atoms with Gasteiger partial charge in [-0.05, 0) is 91.0 Å². The first-order valence-electron chi connectivity index (χ1n) is 14.4. The average Bonchev–Trinajstić information content (AvgIpc) is 2.83. The predicted molar refractivity (Wildman–Crippen MR) is 171 cm³/mol. The number of ether oxygens (including phenoxy) is 1. The van der Waals surface area contributed by atoms with Crippen molar-refractivity contribution in [3.8, 4) is 5.75 Å². The molecule has 3 aromatic carbocycles. The summed E-state index contributed by atoms with van der Waals surface area (Å²) in [7, 11) is 6.22. The average molecular weight is 540 g/mol. The van der Waals surface area contributed by atoms with Crippen molar-refractivity contribution >= 4 is 38.3 Å². The van der Waals surface area contributed by atoms with E-state index in [1.165, 1.54) is 11.1 Å². The van der Waals surface area contributed by atoms with Crippen LogP contribution in [0.4, 0.5) is 0 Å². The van der Waals surface area contributed by atoms with Gasteiger partial charge in [0.2, 0.25) is 0 Å². The molecule has 1 aliphatic heterocycles. The molecule has 0 spiro atoms. The molecule has 212 valence electrons. The largest absolute Gasteiger partial charge is 0.483 e. The second-order valence-electron chi connectivity index (χ2n) is 14.3. The van der Waals surface area contributed by atoms with E-state index in [0.717, 1.165) is 57.3 Å². The van der Waals surface area contributed by atoms with E-state index in [9.17, 15) is 4.79 Å². The van der Waals surface area contributed by atoms with Gasteiger partial charge in [-0.25, -0.2) is 0 Å². The van der Waals surface area contributed by atoms with Gasteiger partial charge in [0, 0.05) is 36.6 Å². The van der Waals surface area contributed by atoms with E-state index in [0.29, 0.717) is 5.39 Å². The van der Waals surface area contributed by atoms with Crippen LogP contribution in [-0.4, -0.2) is 42.3 Å². The number of likely N-dealkylation sites (N-methyl/N-ethyl adjacent to an activating group) is 1. The van der Waals surface area contributed by atoms with Crippen molar-refractivity contribution in [1.29, 1.82) is 0 Å². The van der Waals surface area contributed by atoms with E-state index in [1.807, 2.05) is 12.1 Å². The van der Waals surface area contributed by atoms with Crippen molar-refractivity contribution in [2.75, 3.05) is 27.2 Å². The lowest BCUT2D eigenvalue weighted by atomic mass is 9.74. The molecule has 0 fully saturated rings. The van der Waals surface area contributed by atoms with Crippen LogP contribution in [0.5, 0.6) is 5.75 Å². The Labute approximate surface area is 238 Å². The van der Waals surface area contributed by atoms with E-state index >= 15 is 0 Å². The first-order valence-corrected chi connectivity index (χ1v) is 14.4. The summed E-state index contributed by atoms with van der Waals surface area (Å²) in [5, 5.41) is 7.36. The first-order chi connectivity index (χ1) is 18.5. The molecule has 0 amide bonds. The van der Waals surface area contributed by atoms with Crippen molar-refractivity contribution in [1.82, 2.24) is 14.8 Å². The Bertz CT molecular complexity index is 1740. The van der Waals surface area contributed by atoms with Crippen LogP contribution in [-0.2, 0) is 17.9 Å². The van der Waals surface area contributed by atoms with Crippen LogP contribution in [0.2, 0.25) is 0 Å². The molecule has 0 atom stereocenters. The van der Waals surface area contributed by atoms with Gasteiger partial charge in [0.1, 0.15) is 11.4 Å². The lowest BCUT2D eigenvalue weighted by molar-refractivity contribution is 0.157. The SMILES string of the molecule is CN(C)CCNC1=CC(C)(C)Oc2ccc3c(=O)c4cc5cc(C(C)(C)C)c(C(C)(C)C)cc5cc4n(C)c3c21. The molecule has 1 N–H and O–H groups in total. The van der Waals surface area contributed by atoms with E-state index in [2.05, 4.69) is 122 Å². The third-order valence-electron chi connectivity index (χ3n) is 8.04. The number of hydrogen-bond acceptors (Lipinski definition) is 4. The third kappa shape index (κ3) is 4.89. The number of nitrogens with one attached hydrogen (secondary N) is 1. The zero-order valence-electron chi connectivity index (χ0n) is 26.2. The van der Waals surface area contributed by atoms with E-state index in [-0.39, 0.29) is 16.3 Å². The lowest BCUT2D eigenvalue weighted by Crippen LogP contribution is -2.34. The summed E-state index contributed by atoms with van der Waals surface area (Å²) in [6, 6.07) is 12.8. The molecule has 0 saturated heterocycles. The number of pyridine rings is 1. The minimum Gasteiger partial charge on any atom is -0.483 e. The topological polar surface area (TPSA) is 46.5 Å². The highest BCUT2D eigenvalue weighted by Crippen LogP contribution is 2.41. The molecule has 40 heavy (non-hydrogen) atoms. The fourth-order valence-corrected chi connectivity index (χ4v) is 6.04. The molecule has 0 aliphatic carbocycles. The molecule has 0 unspecified atom stereocenters. The number of fused-ring (bicyclic) bond motifs is 5. The van der Waals surface area contributed by atoms with Crippen LogP contribution in [0.1, 0.15) is 72.1 Å². The highest BCUT2D eigenvalue weighted by atomic mass is 16.5. The van der Waals surface area contributed by atoms with Crippen LogP contribution >= 0.6 is 0 Å². The molecule has 0 radical (unpaired) electrons. The van der Waals surface area contributed by atoms with Gasteiger partial charge in [-0.15, -0.1) is 0 Å². The van der Waals surface area contributed by atoms with E-state index < -0.39 is 5.60 Å². The summed E-state index contributed by atoms with van der Waals surface area (Å²) in [5.41, 5.74) is 6.07. The van der Waals surface area contributed by atoms with Crippen LogP contribution < -0.4 is 15.5 Å². The van der Waals surface area contributed by atoms with Gasteiger partial charge in [0.25, 0.3) is 0 Å². The number of rotatable bonds is 4. The van der Waals surface area contributed by atoms with Crippen molar-refractivity contribution in [3.05, 3.63) is 69.4 Å². The van der Waals surface area contributed by atoms with Gasteiger partial charge in [-0.2, -0.15) is 0 Å². The number of benzene rings is 3. The minimum absolute atomic E-state index is 0.00215. The van der Waals surface area contributed by atoms with Crippen LogP contribution in [0.25, 0.3) is 38.3 Å². The summed E-state index contributed by atoms with van der Waals surface area (Å²) in [6.45, 7) is 19.5. The van der Waals surface area contributed by atoms with Crippen molar-refractivity contribution < 1.29 is 4.74 Å². The zero-order chi connectivity index (χ0) is 29.4. The van der Waals surface area contributed by atoms with Gasteiger partial charge >= 0.3 is 0 Å². The Hall–Kier alpha value is -3.31. The maximum absolute atomic E-state index is 14.1. The van der Waals surface area contributed by atoms with Crippen molar-refractivity contribution in [2.45, 2.75) is 71.8 Å². The van der Waals surface area contributed by atoms with Crippen LogP contribution in [0.3, 0.4) is 0 Å². The summed E-state index contributed by atoms with van der Waals surface area (Å²) < 4.78 is 8.60. The molecule has 1 aromatic heterocycles. The lowest BCUT2D eigenvalue weighted by Gasteiger charge is -2.33. The Morgan fingerprint density at radius 2 is 1.50 bits per heavy atom. The molecule has 5 nitrogen and oxygen atoms in total. The van der Waals surface area contributed by atoms with Gasteiger partial charge < -0.3 is 19.5 Å². The molecular formula is C35H45N3O2. The standard InChI is InChI=1S/C35H45N3O2/c1-33(2,3)25-17-21-16-24-28(19-22(21)18-26(25)34(4,5)6)38(11)31-23(32(24)39)12-13-29-30(31)27(20-35(7,8)40-29)36-14-15-37(9)10/h12-13,16-20,36H,14-15H2,1-11H3. The van der Waals surface area contributed by atoms with Crippen molar-refractivity contribution in [2.24, 2.45) is 7.05 Å². The van der Waals surface area contributed by atoms with Crippen molar-refractivity contribution in [3.63, 3.8) is 0 Å². The minimum atomic E-state index is -0.457. The maximum Gasteiger partial charge on any atom is 0.197 e. The Morgan fingerprint density at radius 3 is 2.08 bits per heavy atom. The number of aryl methyl sites for hydroxylation is 1. The molecule has 5 rings (SSSR count). The molecule has 4 aromatic rings. The highest BCUT2D eigenvalue weighted by Gasteiger charge is 2.30. The zero-order valence-corrected chi connectivity index (χ0v) is 26.2. The second-order valence-corrected chi connectivity index (χ2v) is 14.3. The van der Waals surface area contributed by atoms with Gasteiger partial charge in [0.15, 0.2) is 5.43 Å². The molecule has 5 heteroatoms. The highest BCUT2D eigenvalue weighted by molar-refractivity contribution is 6.05. The summed E-state index contributed by atoms with van der Waals surface area (Å²) in [4.78, 5) is 16.3. The van der Waals surface area contributed by atoms with Crippen LogP contribution in [0, 0.1) is 0 Å². The van der Waals surface area contributed by atoms with Gasteiger partial charge in [0.05, 0.1) is 16.6 Å². The Kier molecular flexibility index (Phi) is 6.61. The normalized spacial score (nSPS) is 15.4. The number of hydrogen-bond donors (Lipinski definition) is 1. The fourth-order valence-electron chi connectivity index (χ4n) is 6.04. The third-order valence-corrected chi connectivity index (χ3v) is 8.04. The fraction of sp³-hybridized carbons (Fsp3) is 0.457. The summed E-state index contributed by atoms with van der Waals surface area (Å²) in [6.07, 6.45) is 2.14. The molecule has 0 saturated carbocycles. The smallest absolute Gasteiger partial charge is 0.197 e. The van der Waals surface area contributed by atoms with Gasteiger partial charge in [-0.3, -0.25) is 4.79 Å². The molecular weight excluding hydrogens is 494 g/mol. The molecule has 2 heterocycles. The molecule has 1 aliphatic rings. The van der Waals surface area contributed by atoms with E-state index in [1.54, 1.807) is 0 Å². The summed E-state index contributed by atoms with van der Waals surface area (Å²) >= 11 is 0. The monoisotopic (exact) mass is 539 g/mol. The predicted octanol–water partition coefficient (Wildman–Crippen LogP) is 7.10. The molecule has 0 bridgehead atoms. The summed E-state index contributed by atoms with van der Waals surface area (Å²) in [5.74, 6) is 0.798. The van der Waals surface area contributed by atoms with Gasteiger partial charge in [-0.1, -0.05) is 53.7 Å². The number of aromatic nitrogens is 1. The Balaban J connectivity index is 1.83. The van der Waals surface area contributed by atoms with Crippen LogP contribution in [0.15, 0.2) is 47.3 Å². The Morgan fingerprint density at radius 1 is 0.900 bits per heavy atom. The van der Waals surface area contributed by atoms with E-state index in [4.69, 9.17) is 4.74 Å². The number of nitrogens with zero attached hydrogens (tertiary/aromatic N) is 2.